The molecule has 0 aliphatic heterocycles. The minimum atomic E-state index is -0.0271. The zero-order chi connectivity index (χ0) is 15.9. The van der Waals surface area contributed by atoms with Crippen LogP contribution in [0.15, 0.2) is 21.3 Å². The van der Waals surface area contributed by atoms with E-state index >= 15 is 0 Å². The average Bonchev–Trinajstić information content (AvgIpc) is 2.60. The topological polar surface area (TPSA) is 48.7 Å². The van der Waals surface area contributed by atoms with E-state index in [-0.39, 0.29) is 5.43 Å². The zero-order valence-electron chi connectivity index (χ0n) is 13.9. The van der Waals surface area contributed by atoms with Crippen LogP contribution in [-0.2, 0) is 22.7 Å². The third kappa shape index (κ3) is 5.47. The van der Waals surface area contributed by atoms with E-state index in [4.69, 9.17) is 13.9 Å². The van der Waals surface area contributed by atoms with E-state index in [1.54, 1.807) is 0 Å². The van der Waals surface area contributed by atoms with Crippen LogP contribution in [0.4, 0.5) is 0 Å². The maximum Gasteiger partial charge on any atom is 0.185 e. The van der Waals surface area contributed by atoms with E-state index in [0.717, 1.165) is 25.7 Å². The first-order chi connectivity index (χ1) is 11.3. The van der Waals surface area contributed by atoms with Crippen molar-refractivity contribution in [1.82, 2.24) is 0 Å². The highest BCUT2D eigenvalue weighted by Gasteiger charge is 2.16. The summed E-state index contributed by atoms with van der Waals surface area (Å²) in [4.78, 5) is 11.8. The summed E-state index contributed by atoms with van der Waals surface area (Å²) in [6.45, 7) is 0.772. The summed E-state index contributed by atoms with van der Waals surface area (Å²) in [5.41, 5.74) is -0.0271. The molecule has 4 heteroatoms. The lowest BCUT2D eigenvalue weighted by Gasteiger charge is -2.22. The van der Waals surface area contributed by atoms with Crippen LogP contribution in [0.1, 0.15) is 75.7 Å². The molecule has 3 rings (SSSR count). The highest BCUT2D eigenvalue weighted by Crippen LogP contribution is 2.22. The van der Waals surface area contributed by atoms with Crippen molar-refractivity contribution in [1.29, 1.82) is 0 Å². The lowest BCUT2D eigenvalue weighted by molar-refractivity contribution is -0.00302. The van der Waals surface area contributed by atoms with E-state index in [0.29, 0.717) is 36.9 Å². The first-order valence-electron chi connectivity index (χ1n) is 9.16. The van der Waals surface area contributed by atoms with Gasteiger partial charge in [0.1, 0.15) is 24.7 Å². The van der Waals surface area contributed by atoms with Crippen molar-refractivity contribution < 1.29 is 13.9 Å². The van der Waals surface area contributed by atoms with E-state index in [1.807, 2.05) is 0 Å². The monoisotopic (exact) mass is 320 g/mol. The number of hydrogen-bond acceptors (Lipinski definition) is 4. The zero-order valence-corrected chi connectivity index (χ0v) is 13.9. The second-order valence-corrected chi connectivity index (χ2v) is 6.87. The molecule has 0 spiro atoms. The molecule has 0 unspecified atom stereocenters. The van der Waals surface area contributed by atoms with Crippen LogP contribution in [0.3, 0.4) is 0 Å². The molecule has 2 aliphatic carbocycles. The van der Waals surface area contributed by atoms with Gasteiger partial charge in [-0.3, -0.25) is 4.79 Å². The Bertz CT molecular complexity index is 481. The molecule has 2 fully saturated rings. The van der Waals surface area contributed by atoms with Crippen molar-refractivity contribution in [3.05, 3.63) is 33.9 Å². The van der Waals surface area contributed by atoms with Gasteiger partial charge in [0.2, 0.25) is 0 Å². The smallest absolute Gasteiger partial charge is 0.185 e. The van der Waals surface area contributed by atoms with E-state index in [1.165, 1.54) is 50.7 Å². The molecule has 1 aromatic rings. The van der Waals surface area contributed by atoms with E-state index in [2.05, 4.69) is 0 Å². The van der Waals surface area contributed by atoms with Crippen molar-refractivity contribution in [2.75, 3.05) is 0 Å². The molecule has 0 atom stereocenters. The van der Waals surface area contributed by atoms with E-state index < -0.39 is 0 Å². The molecule has 1 heterocycles. The fraction of sp³-hybridized carbons (Fsp3) is 0.737. The summed E-state index contributed by atoms with van der Waals surface area (Å²) in [6.07, 6.45) is 12.7. The lowest BCUT2D eigenvalue weighted by Crippen LogP contribution is -2.18. The highest BCUT2D eigenvalue weighted by atomic mass is 16.5. The number of hydrogen-bond donors (Lipinski definition) is 0. The SMILES string of the molecule is O=c1cc(COC2CCCCC2)oc(COC2CCCCC2)c1. The van der Waals surface area contributed by atoms with Crippen molar-refractivity contribution in [3.8, 4) is 0 Å². The lowest BCUT2D eigenvalue weighted by atomic mass is 9.98. The Morgan fingerprint density at radius 1 is 0.783 bits per heavy atom. The first-order valence-corrected chi connectivity index (χ1v) is 9.16. The van der Waals surface area contributed by atoms with Gasteiger partial charge >= 0.3 is 0 Å². The standard InChI is InChI=1S/C19H28O4/c20-15-11-18(13-21-16-7-3-1-4-8-16)23-19(12-15)14-22-17-9-5-2-6-10-17/h11-12,16-17H,1-10,13-14H2. The summed E-state index contributed by atoms with van der Waals surface area (Å²) in [7, 11) is 0. The summed E-state index contributed by atoms with van der Waals surface area (Å²) in [6, 6.07) is 3.07. The average molecular weight is 320 g/mol. The Labute approximate surface area is 138 Å². The molecule has 4 nitrogen and oxygen atoms in total. The summed E-state index contributed by atoms with van der Waals surface area (Å²) < 4.78 is 17.6. The van der Waals surface area contributed by atoms with Gasteiger partial charge in [0.05, 0.1) is 12.2 Å². The summed E-state index contributed by atoms with van der Waals surface area (Å²) in [5.74, 6) is 1.23. The molecular formula is C19H28O4. The molecule has 0 saturated heterocycles. The molecule has 2 aliphatic rings. The van der Waals surface area contributed by atoms with Crippen LogP contribution in [0, 0.1) is 0 Å². The van der Waals surface area contributed by atoms with Crippen molar-refractivity contribution >= 4 is 0 Å². The van der Waals surface area contributed by atoms with Gasteiger partial charge in [-0.2, -0.15) is 0 Å². The number of rotatable bonds is 6. The van der Waals surface area contributed by atoms with Gasteiger partial charge in [0, 0.05) is 12.1 Å². The quantitative estimate of drug-likeness (QED) is 0.782. The minimum absolute atomic E-state index is 0.0271. The fourth-order valence-electron chi connectivity index (χ4n) is 3.59. The van der Waals surface area contributed by atoms with Gasteiger partial charge in [-0.05, 0) is 25.7 Å². The Kier molecular flexibility index (Phi) is 6.29. The predicted molar refractivity (Wildman–Crippen MR) is 88.3 cm³/mol. The molecule has 0 bridgehead atoms. The van der Waals surface area contributed by atoms with Crippen LogP contribution < -0.4 is 5.43 Å². The van der Waals surface area contributed by atoms with Crippen LogP contribution in [0.2, 0.25) is 0 Å². The van der Waals surface area contributed by atoms with Gasteiger partial charge in [-0.25, -0.2) is 0 Å². The van der Waals surface area contributed by atoms with Crippen LogP contribution in [0.25, 0.3) is 0 Å². The van der Waals surface area contributed by atoms with Gasteiger partial charge in [-0.15, -0.1) is 0 Å². The molecule has 0 radical (unpaired) electrons. The molecule has 0 aromatic carbocycles. The van der Waals surface area contributed by atoms with E-state index in [9.17, 15) is 4.79 Å². The summed E-state index contributed by atoms with van der Waals surface area (Å²) in [5, 5.41) is 0. The van der Waals surface area contributed by atoms with Gasteiger partial charge < -0.3 is 13.9 Å². The molecule has 23 heavy (non-hydrogen) atoms. The maximum atomic E-state index is 11.8. The normalized spacial score (nSPS) is 20.7. The molecule has 0 amide bonds. The Balaban J connectivity index is 1.51. The van der Waals surface area contributed by atoms with Crippen LogP contribution in [0.5, 0.6) is 0 Å². The highest BCUT2D eigenvalue weighted by molar-refractivity contribution is 5.05. The molecule has 0 N–H and O–H groups in total. The fourth-order valence-corrected chi connectivity index (χ4v) is 3.59. The third-order valence-corrected chi connectivity index (χ3v) is 4.90. The molecule has 1 aromatic heterocycles. The van der Waals surface area contributed by atoms with Gasteiger partial charge in [-0.1, -0.05) is 38.5 Å². The first kappa shape index (κ1) is 16.7. The van der Waals surface area contributed by atoms with Crippen molar-refractivity contribution in [2.45, 2.75) is 89.6 Å². The van der Waals surface area contributed by atoms with Crippen molar-refractivity contribution in [2.24, 2.45) is 0 Å². The molecule has 128 valence electrons. The Hall–Kier alpha value is -1.13. The van der Waals surface area contributed by atoms with Gasteiger partial charge in [0.15, 0.2) is 5.43 Å². The van der Waals surface area contributed by atoms with Gasteiger partial charge in [0.25, 0.3) is 0 Å². The molecular weight excluding hydrogens is 292 g/mol. The second kappa shape index (κ2) is 8.65. The largest absolute Gasteiger partial charge is 0.461 e. The number of ether oxygens (including phenoxy) is 2. The molecule has 2 saturated carbocycles. The predicted octanol–water partition coefficient (Wildman–Crippen LogP) is 4.34. The maximum absolute atomic E-state index is 11.8. The van der Waals surface area contributed by atoms with Crippen LogP contribution in [-0.4, -0.2) is 12.2 Å². The second-order valence-electron chi connectivity index (χ2n) is 6.87. The Morgan fingerprint density at radius 2 is 1.22 bits per heavy atom. The summed E-state index contributed by atoms with van der Waals surface area (Å²) >= 11 is 0. The minimum Gasteiger partial charge on any atom is -0.461 e. The van der Waals surface area contributed by atoms with Crippen LogP contribution >= 0.6 is 0 Å². The third-order valence-electron chi connectivity index (χ3n) is 4.90. The Morgan fingerprint density at radius 3 is 1.65 bits per heavy atom. The van der Waals surface area contributed by atoms with Crippen molar-refractivity contribution in [3.63, 3.8) is 0 Å².